The van der Waals surface area contributed by atoms with Gasteiger partial charge in [-0.3, -0.25) is 0 Å². The largest absolute Gasteiger partial charge is 0.343 e. The fourth-order valence-corrected chi connectivity index (χ4v) is 3.39. The molecule has 0 unspecified atom stereocenters. The molecule has 4 heteroatoms. The Kier molecular flexibility index (Phi) is 5.50. The molecule has 2 nitrogen and oxygen atoms in total. The van der Waals surface area contributed by atoms with E-state index in [0.29, 0.717) is 16.0 Å². The number of nitrogens with one attached hydrogen (secondary N) is 1. The van der Waals surface area contributed by atoms with Crippen LogP contribution in [0.3, 0.4) is 0 Å². The highest BCUT2D eigenvalue weighted by molar-refractivity contribution is 6.35. The molecule has 0 aliphatic heterocycles. The normalized spacial score (nSPS) is 11.5. The smallest absolute Gasteiger partial charge is 0.0491 e. The summed E-state index contributed by atoms with van der Waals surface area (Å²) in [5.74, 6) is 0.645. The summed E-state index contributed by atoms with van der Waals surface area (Å²) in [5, 5.41) is 6.20. The number of nitrogens with zero attached hydrogens (tertiary/aromatic N) is 1. The van der Waals surface area contributed by atoms with Crippen LogP contribution in [0.1, 0.15) is 25.0 Å². The summed E-state index contributed by atoms with van der Waals surface area (Å²) >= 11 is 12.3. The summed E-state index contributed by atoms with van der Waals surface area (Å²) in [6.07, 6.45) is 2.23. The lowest BCUT2D eigenvalue weighted by molar-refractivity contribution is 0.553. The van der Waals surface area contributed by atoms with E-state index in [1.54, 1.807) is 6.07 Å². The van der Waals surface area contributed by atoms with Crippen LogP contribution in [0.4, 0.5) is 0 Å². The lowest BCUT2D eigenvalue weighted by Gasteiger charge is -2.08. The number of halogens is 2. The van der Waals surface area contributed by atoms with Gasteiger partial charge in [-0.1, -0.05) is 61.3 Å². The first kappa shape index (κ1) is 17.3. The second-order valence-corrected chi connectivity index (χ2v) is 7.40. The number of hydrogen-bond acceptors (Lipinski definition) is 1. The molecular formula is C20H22Cl2N2. The minimum Gasteiger partial charge on any atom is -0.343 e. The van der Waals surface area contributed by atoms with Crippen molar-refractivity contribution in [3.63, 3.8) is 0 Å². The van der Waals surface area contributed by atoms with Gasteiger partial charge >= 0.3 is 0 Å². The Morgan fingerprint density at radius 2 is 1.83 bits per heavy atom. The Morgan fingerprint density at radius 3 is 2.58 bits per heavy atom. The van der Waals surface area contributed by atoms with E-state index in [-0.39, 0.29) is 0 Å². The van der Waals surface area contributed by atoms with Crippen LogP contribution in [0, 0.1) is 5.92 Å². The second kappa shape index (κ2) is 7.60. The fraction of sp³-hybridized carbons (Fsp3) is 0.300. The Labute approximate surface area is 153 Å². The van der Waals surface area contributed by atoms with Crippen LogP contribution in [0.2, 0.25) is 10.0 Å². The van der Waals surface area contributed by atoms with E-state index < -0.39 is 0 Å². The molecular weight excluding hydrogens is 339 g/mol. The third-order valence-corrected chi connectivity index (χ3v) is 4.68. The van der Waals surface area contributed by atoms with Crippen LogP contribution < -0.4 is 5.32 Å². The molecule has 0 fully saturated rings. The van der Waals surface area contributed by atoms with Crippen LogP contribution in [-0.4, -0.2) is 11.1 Å². The summed E-state index contributed by atoms with van der Waals surface area (Å²) in [6, 6.07) is 14.2. The SMILES string of the molecule is CC(C)CNCc1cn(Cc2ccc(Cl)cc2Cl)c2ccccc12. The Bertz CT molecular complexity index is 837. The monoisotopic (exact) mass is 360 g/mol. The molecule has 0 spiro atoms. The van der Waals surface area contributed by atoms with Gasteiger partial charge in [-0.05, 0) is 41.8 Å². The van der Waals surface area contributed by atoms with Gasteiger partial charge in [-0.25, -0.2) is 0 Å². The first-order valence-electron chi connectivity index (χ1n) is 8.26. The number of fused-ring (bicyclic) bond motifs is 1. The summed E-state index contributed by atoms with van der Waals surface area (Å²) in [4.78, 5) is 0. The van der Waals surface area contributed by atoms with Gasteiger partial charge in [-0.15, -0.1) is 0 Å². The zero-order valence-electron chi connectivity index (χ0n) is 14.0. The van der Waals surface area contributed by atoms with Crippen LogP contribution >= 0.6 is 23.2 Å². The third kappa shape index (κ3) is 3.94. The van der Waals surface area contributed by atoms with Crippen molar-refractivity contribution >= 4 is 34.1 Å². The molecule has 2 aromatic carbocycles. The highest BCUT2D eigenvalue weighted by Crippen LogP contribution is 2.26. The van der Waals surface area contributed by atoms with Gasteiger partial charge in [0, 0.05) is 40.2 Å². The van der Waals surface area contributed by atoms with Gasteiger partial charge < -0.3 is 9.88 Å². The van der Waals surface area contributed by atoms with Crippen molar-refractivity contribution in [2.75, 3.05) is 6.54 Å². The maximum Gasteiger partial charge on any atom is 0.0491 e. The molecule has 24 heavy (non-hydrogen) atoms. The Balaban J connectivity index is 1.90. The Morgan fingerprint density at radius 1 is 1.04 bits per heavy atom. The maximum atomic E-state index is 6.35. The van der Waals surface area contributed by atoms with Crippen molar-refractivity contribution < 1.29 is 0 Å². The van der Waals surface area contributed by atoms with Crippen LogP contribution in [0.5, 0.6) is 0 Å². The molecule has 3 rings (SSSR count). The number of hydrogen-bond donors (Lipinski definition) is 1. The summed E-state index contributed by atoms with van der Waals surface area (Å²) < 4.78 is 2.26. The second-order valence-electron chi connectivity index (χ2n) is 6.56. The van der Waals surface area contributed by atoms with E-state index in [9.17, 15) is 0 Å². The predicted octanol–water partition coefficient (Wildman–Crippen LogP) is 5.74. The van der Waals surface area contributed by atoms with Crippen LogP contribution in [0.15, 0.2) is 48.7 Å². The van der Waals surface area contributed by atoms with E-state index in [0.717, 1.165) is 25.2 Å². The average Bonchev–Trinajstić information content (AvgIpc) is 2.88. The standard InChI is InChI=1S/C20H22Cl2N2/c1-14(2)10-23-11-16-13-24(20-6-4-3-5-18(16)20)12-15-7-8-17(21)9-19(15)22/h3-9,13-14,23H,10-12H2,1-2H3. The lowest BCUT2D eigenvalue weighted by Crippen LogP contribution is -2.18. The molecule has 0 saturated carbocycles. The molecule has 0 saturated heterocycles. The average molecular weight is 361 g/mol. The number of aromatic nitrogens is 1. The van der Waals surface area contributed by atoms with E-state index in [2.05, 4.69) is 54.2 Å². The zero-order valence-corrected chi connectivity index (χ0v) is 15.5. The quantitative estimate of drug-likeness (QED) is 0.592. The summed E-state index contributed by atoms with van der Waals surface area (Å²) in [5.41, 5.74) is 3.62. The van der Waals surface area contributed by atoms with Crippen molar-refractivity contribution in [3.05, 3.63) is 69.8 Å². The molecule has 3 aromatic rings. The molecule has 0 atom stereocenters. The number of para-hydroxylation sites is 1. The van der Waals surface area contributed by atoms with Gasteiger partial charge in [0.25, 0.3) is 0 Å². The minimum atomic E-state index is 0.645. The van der Waals surface area contributed by atoms with Crippen LogP contribution in [0.25, 0.3) is 10.9 Å². The van der Waals surface area contributed by atoms with Gasteiger partial charge in [0.1, 0.15) is 0 Å². The molecule has 0 bridgehead atoms. The number of benzene rings is 2. The van der Waals surface area contributed by atoms with Crippen molar-refractivity contribution in [2.45, 2.75) is 26.9 Å². The van der Waals surface area contributed by atoms with Gasteiger partial charge in [0.2, 0.25) is 0 Å². The Hall–Kier alpha value is -1.48. The molecule has 0 aliphatic rings. The molecule has 0 amide bonds. The van der Waals surface area contributed by atoms with Gasteiger partial charge in [0.05, 0.1) is 0 Å². The molecule has 1 aromatic heterocycles. The zero-order chi connectivity index (χ0) is 17.1. The fourth-order valence-electron chi connectivity index (χ4n) is 2.92. The lowest BCUT2D eigenvalue weighted by atomic mass is 10.1. The maximum absolute atomic E-state index is 6.35. The van der Waals surface area contributed by atoms with E-state index in [1.165, 1.54) is 16.5 Å². The molecule has 0 radical (unpaired) electrons. The molecule has 126 valence electrons. The molecule has 0 aliphatic carbocycles. The predicted molar refractivity (Wildman–Crippen MR) is 104 cm³/mol. The van der Waals surface area contributed by atoms with E-state index in [1.807, 2.05) is 12.1 Å². The molecule has 1 heterocycles. The minimum absolute atomic E-state index is 0.645. The number of rotatable bonds is 6. The van der Waals surface area contributed by atoms with Crippen molar-refractivity contribution in [1.29, 1.82) is 0 Å². The summed E-state index contributed by atoms with van der Waals surface area (Å²) in [7, 11) is 0. The van der Waals surface area contributed by atoms with Crippen molar-refractivity contribution in [3.8, 4) is 0 Å². The highest BCUT2D eigenvalue weighted by Gasteiger charge is 2.10. The van der Waals surface area contributed by atoms with E-state index in [4.69, 9.17) is 23.2 Å². The topological polar surface area (TPSA) is 17.0 Å². The van der Waals surface area contributed by atoms with Gasteiger partial charge in [-0.2, -0.15) is 0 Å². The molecule has 1 N–H and O–H groups in total. The summed E-state index contributed by atoms with van der Waals surface area (Å²) in [6.45, 7) is 7.07. The van der Waals surface area contributed by atoms with Gasteiger partial charge in [0.15, 0.2) is 0 Å². The van der Waals surface area contributed by atoms with Crippen molar-refractivity contribution in [2.24, 2.45) is 5.92 Å². The first-order chi connectivity index (χ1) is 11.5. The van der Waals surface area contributed by atoms with Crippen molar-refractivity contribution in [1.82, 2.24) is 9.88 Å². The third-order valence-electron chi connectivity index (χ3n) is 4.09. The highest BCUT2D eigenvalue weighted by atomic mass is 35.5. The van der Waals surface area contributed by atoms with E-state index >= 15 is 0 Å². The van der Waals surface area contributed by atoms with Crippen LogP contribution in [-0.2, 0) is 13.1 Å². The first-order valence-corrected chi connectivity index (χ1v) is 9.01.